The Morgan fingerprint density at radius 1 is 1.20 bits per heavy atom. The fraction of sp³-hybridized carbons (Fsp3) is 0.650. The van der Waals surface area contributed by atoms with Crippen LogP contribution in [0.1, 0.15) is 37.7 Å². The van der Waals surface area contributed by atoms with Gasteiger partial charge in [-0.1, -0.05) is 30.5 Å². The smallest absolute Gasteiger partial charge is 0.191 e. The molecule has 1 aliphatic carbocycles. The highest BCUT2D eigenvalue weighted by atomic mass is 16.5. The molecular formula is C20H32N4O. The largest absolute Gasteiger partial charge is 0.492 e. The van der Waals surface area contributed by atoms with Crippen LogP contribution < -0.4 is 15.4 Å². The lowest BCUT2D eigenvalue weighted by Crippen LogP contribution is -2.46. The molecule has 1 atom stereocenters. The molecule has 5 heteroatoms. The Kier molecular flexibility index (Phi) is 6.56. The number of benzene rings is 1. The van der Waals surface area contributed by atoms with E-state index in [4.69, 9.17) is 4.74 Å². The molecule has 0 amide bonds. The van der Waals surface area contributed by atoms with Crippen LogP contribution in [0.15, 0.2) is 29.3 Å². The van der Waals surface area contributed by atoms with Gasteiger partial charge in [0.1, 0.15) is 12.4 Å². The van der Waals surface area contributed by atoms with E-state index in [2.05, 4.69) is 39.6 Å². The summed E-state index contributed by atoms with van der Waals surface area (Å²) in [7, 11) is 1.83. The van der Waals surface area contributed by atoms with Gasteiger partial charge in [0.25, 0.3) is 0 Å². The molecule has 2 fully saturated rings. The standard InChI is InChI=1S/C20H32N4O/c1-16-7-9-19(10-8-16)25-14-12-22-20(21-2)23-17-11-13-24(15-17)18-5-3-4-6-18/h7-10,17-18H,3-6,11-15H2,1-2H3,(H2,21,22,23). The summed E-state index contributed by atoms with van der Waals surface area (Å²) in [4.78, 5) is 7.02. The number of nitrogens with one attached hydrogen (secondary N) is 2. The second kappa shape index (κ2) is 9.09. The van der Waals surface area contributed by atoms with Crippen molar-refractivity contribution in [3.8, 4) is 5.75 Å². The summed E-state index contributed by atoms with van der Waals surface area (Å²) >= 11 is 0. The Bertz CT molecular complexity index is 551. The number of aryl methyl sites for hydroxylation is 1. The quantitative estimate of drug-likeness (QED) is 0.473. The lowest BCUT2D eigenvalue weighted by atomic mass is 10.2. The molecule has 1 unspecified atom stereocenters. The lowest BCUT2D eigenvalue weighted by molar-refractivity contribution is 0.242. The third-order valence-corrected chi connectivity index (χ3v) is 5.31. The number of aliphatic imine (C=N–C) groups is 1. The topological polar surface area (TPSA) is 48.9 Å². The summed E-state index contributed by atoms with van der Waals surface area (Å²) in [6, 6.07) is 9.49. The molecule has 3 rings (SSSR count). The maximum atomic E-state index is 5.76. The van der Waals surface area contributed by atoms with Gasteiger partial charge >= 0.3 is 0 Å². The van der Waals surface area contributed by atoms with Gasteiger partial charge in [-0.05, 0) is 38.3 Å². The Labute approximate surface area is 151 Å². The molecule has 0 aromatic heterocycles. The van der Waals surface area contributed by atoms with Crippen molar-refractivity contribution in [2.75, 3.05) is 33.3 Å². The van der Waals surface area contributed by atoms with Crippen molar-refractivity contribution in [1.82, 2.24) is 15.5 Å². The van der Waals surface area contributed by atoms with Gasteiger partial charge in [0.05, 0.1) is 6.54 Å². The Balaban J connectivity index is 1.34. The zero-order valence-electron chi connectivity index (χ0n) is 15.6. The maximum Gasteiger partial charge on any atom is 0.191 e. The van der Waals surface area contributed by atoms with Gasteiger partial charge in [-0.2, -0.15) is 0 Å². The average molecular weight is 345 g/mol. The van der Waals surface area contributed by atoms with E-state index < -0.39 is 0 Å². The summed E-state index contributed by atoms with van der Waals surface area (Å²) in [5.74, 6) is 1.80. The molecule has 5 nitrogen and oxygen atoms in total. The summed E-state index contributed by atoms with van der Waals surface area (Å²) in [6.45, 7) is 5.81. The third-order valence-electron chi connectivity index (χ3n) is 5.31. The van der Waals surface area contributed by atoms with Gasteiger partial charge < -0.3 is 15.4 Å². The lowest BCUT2D eigenvalue weighted by Gasteiger charge is -2.24. The van der Waals surface area contributed by atoms with E-state index >= 15 is 0 Å². The molecule has 0 radical (unpaired) electrons. The highest BCUT2D eigenvalue weighted by Gasteiger charge is 2.30. The molecule has 1 saturated heterocycles. The summed E-state index contributed by atoms with van der Waals surface area (Å²) < 4.78 is 5.76. The van der Waals surface area contributed by atoms with Crippen molar-refractivity contribution in [3.05, 3.63) is 29.8 Å². The minimum absolute atomic E-state index is 0.504. The van der Waals surface area contributed by atoms with E-state index in [1.165, 1.54) is 44.2 Å². The van der Waals surface area contributed by atoms with E-state index in [9.17, 15) is 0 Å². The van der Waals surface area contributed by atoms with Crippen molar-refractivity contribution in [2.24, 2.45) is 4.99 Å². The minimum Gasteiger partial charge on any atom is -0.492 e. The van der Waals surface area contributed by atoms with Gasteiger partial charge in [-0.25, -0.2) is 0 Å². The Hall–Kier alpha value is -1.75. The van der Waals surface area contributed by atoms with Crippen molar-refractivity contribution in [3.63, 3.8) is 0 Å². The van der Waals surface area contributed by atoms with E-state index in [-0.39, 0.29) is 0 Å². The third kappa shape index (κ3) is 5.36. The zero-order valence-corrected chi connectivity index (χ0v) is 15.6. The number of rotatable bonds is 6. The molecule has 0 spiro atoms. The van der Waals surface area contributed by atoms with Crippen LogP contribution in [0, 0.1) is 6.92 Å². The molecule has 1 heterocycles. The van der Waals surface area contributed by atoms with E-state index in [0.29, 0.717) is 12.6 Å². The number of hydrogen-bond donors (Lipinski definition) is 2. The first-order valence-corrected chi connectivity index (χ1v) is 9.65. The predicted molar refractivity (Wildman–Crippen MR) is 103 cm³/mol. The van der Waals surface area contributed by atoms with Crippen LogP contribution in [-0.4, -0.2) is 56.2 Å². The second-order valence-electron chi connectivity index (χ2n) is 7.22. The van der Waals surface area contributed by atoms with Gasteiger partial charge in [-0.15, -0.1) is 0 Å². The number of hydrogen-bond acceptors (Lipinski definition) is 3. The number of ether oxygens (including phenoxy) is 1. The average Bonchev–Trinajstić information content (AvgIpc) is 3.30. The van der Waals surface area contributed by atoms with Crippen molar-refractivity contribution < 1.29 is 4.74 Å². The van der Waals surface area contributed by atoms with Gasteiger partial charge in [0, 0.05) is 32.2 Å². The van der Waals surface area contributed by atoms with Crippen LogP contribution in [0.3, 0.4) is 0 Å². The van der Waals surface area contributed by atoms with Crippen LogP contribution in [0.4, 0.5) is 0 Å². The van der Waals surface area contributed by atoms with Crippen LogP contribution in [0.5, 0.6) is 5.75 Å². The number of likely N-dealkylation sites (tertiary alicyclic amines) is 1. The van der Waals surface area contributed by atoms with Crippen molar-refractivity contribution in [2.45, 2.75) is 51.1 Å². The highest BCUT2D eigenvalue weighted by Crippen LogP contribution is 2.26. The van der Waals surface area contributed by atoms with Crippen LogP contribution in [0.2, 0.25) is 0 Å². The maximum absolute atomic E-state index is 5.76. The molecule has 2 aliphatic rings. The van der Waals surface area contributed by atoms with Crippen LogP contribution in [-0.2, 0) is 0 Å². The first kappa shape index (κ1) is 18.1. The monoisotopic (exact) mass is 344 g/mol. The number of nitrogens with zero attached hydrogens (tertiary/aromatic N) is 2. The first-order chi connectivity index (χ1) is 12.2. The highest BCUT2D eigenvalue weighted by molar-refractivity contribution is 5.80. The fourth-order valence-corrected chi connectivity index (χ4v) is 3.87. The molecule has 0 bridgehead atoms. The predicted octanol–water partition coefficient (Wildman–Crippen LogP) is 2.56. The van der Waals surface area contributed by atoms with Crippen molar-refractivity contribution >= 4 is 5.96 Å². The Morgan fingerprint density at radius 2 is 1.96 bits per heavy atom. The van der Waals surface area contributed by atoms with Gasteiger partial charge in [0.15, 0.2) is 5.96 Å². The molecule has 1 saturated carbocycles. The molecule has 2 N–H and O–H groups in total. The summed E-state index contributed by atoms with van der Waals surface area (Å²) in [5, 5.41) is 6.92. The molecule has 25 heavy (non-hydrogen) atoms. The van der Waals surface area contributed by atoms with Gasteiger partial charge in [-0.3, -0.25) is 9.89 Å². The van der Waals surface area contributed by atoms with Crippen LogP contribution >= 0.6 is 0 Å². The van der Waals surface area contributed by atoms with Crippen molar-refractivity contribution in [1.29, 1.82) is 0 Å². The summed E-state index contributed by atoms with van der Waals surface area (Å²) in [6.07, 6.45) is 6.79. The van der Waals surface area contributed by atoms with Gasteiger partial charge in [0.2, 0.25) is 0 Å². The SMILES string of the molecule is CN=C(NCCOc1ccc(C)cc1)NC1CCN(C2CCCC2)C1. The first-order valence-electron chi connectivity index (χ1n) is 9.65. The van der Waals surface area contributed by atoms with E-state index in [1.807, 2.05) is 19.2 Å². The van der Waals surface area contributed by atoms with Crippen LogP contribution in [0.25, 0.3) is 0 Å². The fourth-order valence-electron chi connectivity index (χ4n) is 3.87. The Morgan fingerprint density at radius 3 is 2.68 bits per heavy atom. The molecular weight excluding hydrogens is 312 g/mol. The van der Waals surface area contributed by atoms with E-state index in [1.54, 1.807) is 0 Å². The molecule has 1 aliphatic heterocycles. The normalized spacial score (nSPS) is 22.3. The van der Waals surface area contributed by atoms with E-state index in [0.717, 1.165) is 30.8 Å². The molecule has 1 aromatic carbocycles. The second-order valence-corrected chi connectivity index (χ2v) is 7.22. The minimum atomic E-state index is 0.504. The number of guanidine groups is 1. The molecule has 138 valence electrons. The molecule has 1 aromatic rings. The zero-order chi connectivity index (χ0) is 17.5. The summed E-state index contributed by atoms with van der Waals surface area (Å²) in [5.41, 5.74) is 1.25.